The van der Waals surface area contributed by atoms with Crippen LogP contribution in [0.2, 0.25) is 0 Å². The van der Waals surface area contributed by atoms with Crippen LogP contribution in [0.1, 0.15) is 38.5 Å². The molecule has 1 heterocycles. The molecule has 3 rings (SSSR count). The summed E-state index contributed by atoms with van der Waals surface area (Å²) in [5, 5.41) is 0. The predicted molar refractivity (Wildman–Crippen MR) is 53.4 cm³/mol. The molecule has 0 aromatic carbocycles. The minimum atomic E-state index is 0.102. The highest BCUT2D eigenvalue weighted by molar-refractivity contribution is 5.83. The summed E-state index contributed by atoms with van der Waals surface area (Å²) in [6.07, 6.45) is 12.2. The van der Waals surface area contributed by atoms with Crippen LogP contribution in [0, 0.1) is 18.3 Å². The summed E-state index contributed by atoms with van der Waals surface area (Å²) >= 11 is 0. The topological polar surface area (TPSA) is 20.3 Å². The number of rotatable bonds is 1. The molecule has 74 valence electrons. The molecular formula is C12H15NO. The first-order chi connectivity index (χ1) is 6.77. The van der Waals surface area contributed by atoms with Gasteiger partial charge in [-0.2, -0.15) is 0 Å². The van der Waals surface area contributed by atoms with E-state index in [0.717, 1.165) is 25.7 Å². The Balaban J connectivity index is 1.86. The van der Waals surface area contributed by atoms with Gasteiger partial charge >= 0.3 is 0 Å². The highest BCUT2D eigenvalue weighted by atomic mass is 16.2. The lowest BCUT2D eigenvalue weighted by Crippen LogP contribution is -2.43. The summed E-state index contributed by atoms with van der Waals surface area (Å²) < 4.78 is 0. The summed E-state index contributed by atoms with van der Waals surface area (Å²) in [5.41, 5.74) is 0.219. The van der Waals surface area contributed by atoms with E-state index >= 15 is 0 Å². The van der Waals surface area contributed by atoms with Crippen molar-refractivity contribution >= 4 is 5.91 Å². The smallest absolute Gasteiger partial charge is 0.227 e. The molecule has 2 heteroatoms. The molecule has 0 bridgehead atoms. The molecule has 14 heavy (non-hydrogen) atoms. The number of likely N-dealkylation sites (tertiary alicyclic amines) is 1. The number of amides is 1. The highest BCUT2D eigenvalue weighted by Crippen LogP contribution is 2.53. The lowest BCUT2D eigenvalue weighted by Gasteiger charge is -2.28. The van der Waals surface area contributed by atoms with Gasteiger partial charge in [0.2, 0.25) is 5.91 Å². The summed E-state index contributed by atoms with van der Waals surface area (Å²) in [6, 6.07) is 0.102. The van der Waals surface area contributed by atoms with Gasteiger partial charge in [0.05, 0.1) is 6.04 Å². The maximum Gasteiger partial charge on any atom is 0.227 e. The van der Waals surface area contributed by atoms with Crippen molar-refractivity contribution in [3.8, 4) is 12.3 Å². The van der Waals surface area contributed by atoms with Crippen molar-refractivity contribution in [3.05, 3.63) is 0 Å². The van der Waals surface area contributed by atoms with Crippen molar-refractivity contribution in [2.45, 2.75) is 50.1 Å². The maximum atomic E-state index is 12.1. The zero-order valence-electron chi connectivity index (χ0n) is 8.33. The molecule has 1 aliphatic heterocycles. The normalized spacial score (nSPS) is 33.1. The average Bonchev–Trinajstić information content (AvgIpc) is 3.01. The van der Waals surface area contributed by atoms with E-state index < -0.39 is 0 Å². The molecule has 0 N–H and O–H groups in total. The Labute approximate surface area is 84.7 Å². The van der Waals surface area contributed by atoms with Gasteiger partial charge in [-0.15, -0.1) is 6.42 Å². The lowest BCUT2D eigenvalue weighted by molar-refractivity contribution is -0.135. The number of carbonyl (C=O) groups excluding carboxylic acids is 1. The Hall–Kier alpha value is -0.970. The first kappa shape index (κ1) is 8.35. The molecular weight excluding hydrogens is 174 g/mol. The van der Waals surface area contributed by atoms with E-state index in [0.29, 0.717) is 11.8 Å². The molecule has 2 saturated carbocycles. The van der Waals surface area contributed by atoms with Crippen LogP contribution in [0.4, 0.5) is 0 Å². The molecule has 2 nitrogen and oxygen atoms in total. The second-order valence-electron chi connectivity index (χ2n) is 4.93. The van der Waals surface area contributed by atoms with Crippen molar-refractivity contribution in [2.75, 3.05) is 0 Å². The Kier molecular flexibility index (Phi) is 1.51. The fourth-order valence-electron chi connectivity index (χ4n) is 2.69. The van der Waals surface area contributed by atoms with Gasteiger partial charge in [-0.25, -0.2) is 0 Å². The first-order valence-corrected chi connectivity index (χ1v) is 5.56. The first-order valence-electron chi connectivity index (χ1n) is 5.56. The number of carbonyl (C=O) groups is 1. The Morgan fingerprint density at radius 3 is 2.50 bits per heavy atom. The van der Waals surface area contributed by atoms with Gasteiger partial charge in [-0.1, -0.05) is 5.92 Å². The fourth-order valence-corrected chi connectivity index (χ4v) is 2.69. The summed E-state index contributed by atoms with van der Waals surface area (Å²) in [4.78, 5) is 14.1. The molecule has 1 unspecified atom stereocenters. The summed E-state index contributed by atoms with van der Waals surface area (Å²) in [7, 11) is 0. The zero-order chi connectivity index (χ0) is 9.76. The van der Waals surface area contributed by atoms with Crippen LogP contribution in [0.5, 0.6) is 0 Å². The van der Waals surface area contributed by atoms with Crippen LogP contribution in [0.3, 0.4) is 0 Å². The van der Waals surface area contributed by atoms with Crippen molar-refractivity contribution in [1.82, 2.24) is 4.90 Å². The minimum Gasteiger partial charge on any atom is -0.323 e. The summed E-state index contributed by atoms with van der Waals surface area (Å²) in [5.74, 6) is 3.45. The molecule has 3 aliphatic rings. The van der Waals surface area contributed by atoms with E-state index in [4.69, 9.17) is 6.42 Å². The van der Waals surface area contributed by atoms with Gasteiger partial charge in [0.15, 0.2) is 0 Å². The minimum absolute atomic E-state index is 0.102. The SMILES string of the molecule is C#CC1CCC2(CC2)N1C(=O)C1CC1. The van der Waals surface area contributed by atoms with Crippen LogP contribution < -0.4 is 0 Å². The zero-order valence-corrected chi connectivity index (χ0v) is 8.33. The second-order valence-corrected chi connectivity index (χ2v) is 4.93. The Morgan fingerprint density at radius 2 is 2.00 bits per heavy atom. The largest absolute Gasteiger partial charge is 0.323 e. The van der Waals surface area contributed by atoms with Gasteiger partial charge in [-0.05, 0) is 38.5 Å². The van der Waals surface area contributed by atoms with E-state index in [-0.39, 0.29) is 11.6 Å². The van der Waals surface area contributed by atoms with Crippen LogP contribution in [0.25, 0.3) is 0 Å². The van der Waals surface area contributed by atoms with E-state index in [9.17, 15) is 4.79 Å². The molecule has 1 atom stereocenters. The van der Waals surface area contributed by atoms with Crippen LogP contribution in [-0.2, 0) is 4.79 Å². The van der Waals surface area contributed by atoms with Crippen LogP contribution >= 0.6 is 0 Å². The summed E-state index contributed by atoms with van der Waals surface area (Å²) in [6.45, 7) is 0. The van der Waals surface area contributed by atoms with Crippen molar-refractivity contribution in [2.24, 2.45) is 5.92 Å². The van der Waals surface area contributed by atoms with E-state index in [2.05, 4.69) is 10.8 Å². The molecule has 3 fully saturated rings. The maximum absolute atomic E-state index is 12.1. The molecule has 1 amide bonds. The van der Waals surface area contributed by atoms with Crippen LogP contribution in [-0.4, -0.2) is 22.4 Å². The van der Waals surface area contributed by atoms with E-state index in [1.807, 2.05) is 0 Å². The third-order valence-electron chi connectivity index (χ3n) is 3.89. The van der Waals surface area contributed by atoms with Gasteiger partial charge in [-0.3, -0.25) is 4.79 Å². The third kappa shape index (κ3) is 1.02. The standard InChI is InChI=1S/C12H15NO/c1-2-10-5-6-12(7-8-12)13(10)11(14)9-3-4-9/h1,9-10H,3-8H2. The highest BCUT2D eigenvalue weighted by Gasteiger charge is 2.57. The molecule has 1 spiro atoms. The average molecular weight is 189 g/mol. The molecule has 0 aromatic heterocycles. The van der Waals surface area contributed by atoms with Crippen molar-refractivity contribution in [3.63, 3.8) is 0 Å². The lowest BCUT2D eigenvalue weighted by atomic mass is 10.2. The van der Waals surface area contributed by atoms with E-state index in [1.165, 1.54) is 12.8 Å². The Bertz CT molecular complexity index is 320. The van der Waals surface area contributed by atoms with Crippen molar-refractivity contribution < 1.29 is 4.79 Å². The fraction of sp³-hybridized carbons (Fsp3) is 0.750. The third-order valence-corrected chi connectivity index (χ3v) is 3.89. The monoisotopic (exact) mass is 189 g/mol. The number of hydrogen-bond acceptors (Lipinski definition) is 1. The Morgan fingerprint density at radius 1 is 1.29 bits per heavy atom. The number of terminal acetylenes is 1. The number of hydrogen-bond donors (Lipinski definition) is 0. The quantitative estimate of drug-likeness (QED) is 0.573. The van der Waals surface area contributed by atoms with Gasteiger partial charge < -0.3 is 4.90 Å². The van der Waals surface area contributed by atoms with E-state index in [1.54, 1.807) is 0 Å². The van der Waals surface area contributed by atoms with Gasteiger partial charge in [0, 0.05) is 11.5 Å². The molecule has 2 aliphatic carbocycles. The second kappa shape index (κ2) is 2.53. The predicted octanol–water partition coefficient (Wildman–Crippen LogP) is 1.55. The van der Waals surface area contributed by atoms with Gasteiger partial charge in [0.1, 0.15) is 0 Å². The molecule has 1 saturated heterocycles. The molecule has 0 aromatic rings. The van der Waals surface area contributed by atoms with Gasteiger partial charge in [0.25, 0.3) is 0 Å². The van der Waals surface area contributed by atoms with Crippen molar-refractivity contribution in [1.29, 1.82) is 0 Å². The number of nitrogens with zero attached hydrogens (tertiary/aromatic N) is 1. The molecule has 0 radical (unpaired) electrons. The van der Waals surface area contributed by atoms with Crippen LogP contribution in [0.15, 0.2) is 0 Å².